The van der Waals surface area contributed by atoms with E-state index in [1.807, 2.05) is 7.05 Å². The van der Waals surface area contributed by atoms with Crippen LogP contribution in [0, 0.1) is 11.6 Å². The molecule has 0 spiro atoms. The lowest BCUT2D eigenvalue weighted by Crippen LogP contribution is -2.40. The van der Waals surface area contributed by atoms with E-state index >= 15 is 0 Å². The molecule has 1 fully saturated rings. The first-order valence-corrected chi connectivity index (χ1v) is 8.42. The molecule has 1 aromatic carbocycles. The summed E-state index contributed by atoms with van der Waals surface area (Å²) >= 11 is 3.01. The van der Waals surface area contributed by atoms with Crippen molar-refractivity contribution in [3.8, 4) is 5.75 Å². The highest BCUT2D eigenvalue weighted by Gasteiger charge is 2.21. The van der Waals surface area contributed by atoms with Crippen LogP contribution >= 0.6 is 15.9 Å². The van der Waals surface area contributed by atoms with Gasteiger partial charge in [0.15, 0.2) is 17.4 Å². The van der Waals surface area contributed by atoms with Gasteiger partial charge in [0, 0.05) is 17.1 Å². The van der Waals surface area contributed by atoms with Crippen LogP contribution < -0.4 is 4.74 Å². The summed E-state index contributed by atoms with van der Waals surface area (Å²) < 4.78 is 32.7. The number of likely N-dealkylation sites (N-methyl/N-ethyl adjacent to an activating group) is 1. The molecule has 124 valence electrons. The van der Waals surface area contributed by atoms with Gasteiger partial charge < -0.3 is 14.7 Å². The van der Waals surface area contributed by atoms with Crippen molar-refractivity contribution in [2.24, 2.45) is 0 Å². The molecule has 1 atom stereocenters. The van der Waals surface area contributed by atoms with Crippen molar-refractivity contribution in [2.75, 3.05) is 20.2 Å². The number of hydrogen-bond donors (Lipinski definition) is 1. The van der Waals surface area contributed by atoms with Crippen LogP contribution in [-0.4, -0.2) is 42.4 Å². The zero-order valence-electron chi connectivity index (χ0n) is 12.7. The van der Waals surface area contributed by atoms with E-state index in [9.17, 15) is 13.9 Å². The van der Waals surface area contributed by atoms with Crippen molar-refractivity contribution >= 4 is 15.9 Å². The Morgan fingerprint density at radius 3 is 2.45 bits per heavy atom. The molecule has 1 aliphatic carbocycles. The Morgan fingerprint density at radius 2 is 1.86 bits per heavy atom. The number of aliphatic hydroxyl groups is 1. The Morgan fingerprint density at radius 1 is 1.27 bits per heavy atom. The van der Waals surface area contributed by atoms with Crippen molar-refractivity contribution in [2.45, 2.75) is 44.2 Å². The lowest BCUT2D eigenvalue weighted by Gasteiger charge is -2.32. The average molecular weight is 378 g/mol. The Hall–Kier alpha value is -0.720. The van der Waals surface area contributed by atoms with E-state index in [2.05, 4.69) is 20.8 Å². The largest absolute Gasteiger partial charge is 0.485 e. The molecule has 1 saturated carbocycles. The molecule has 0 bridgehead atoms. The summed E-state index contributed by atoms with van der Waals surface area (Å²) in [7, 11) is 1.97. The summed E-state index contributed by atoms with van der Waals surface area (Å²) in [6.45, 7) is 0.303. The van der Waals surface area contributed by atoms with Crippen molar-refractivity contribution in [1.29, 1.82) is 0 Å². The van der Waals surface area contributed by atoms with Gasteiger partial charge in [0.2, 0.25) is 0 Å². The molecule has 1 aliphatic rings. The molecule has 0 amide bonds. The zero-order valence-corrected chi connectivity index (χ0v) is 14.3. The molecule has 0 unspecified atom stereocenters. The van der Waals surface area contributed by atoms with E-state index in [1.54, 1.807) is 0 Å². The number of hydrogen-bond acceptors (Lipinski definition) is 3. The molecule has 0 radical (unpaired) electrons. The summed E-state index contributed by atoms with van der Waals surface area (Å²) in [5.74, 6) is -2.00. The van der Waals surface area contributed by atoms with Gasteiger partial charge in [-0.2, -0.15) is 0 Å². The molecule has 0 saturated heterocycles. The van der Waals surface area contributed by atoms with Gasteiger partial charge in [-0.15, -0.1) is 0 Å². The number of rotatable bonds is 6. The fraction of sp³-hybridized carbons (Fsp3) is 0.625. The molecule has 6 heteroatoms. The summed E-state index contributed by atoms with van der Waals surface area (Å²) in [5.41, 5.74) is 0. The quantitative estimate of drug-likeness (QED) is 0.819. The summed E-state index contributed by atoms with van der Waals surface area (Å²) in [6.07, 6.45) is 5.21. The monoisotopic (exact) mass is 377 g/mol. The maximum absolute atomic E-state index is 13.6. The van der Waals surface area contributed by atoms with E-state index in [4.69, 9.17) is 4.74 Å². The Kier molecular flexibility index (Phi) is 6.59. The molecule has 1 N–H and O–H groups in total. The maximum atomic E-state index is 13.6. The van der Waals surface area contributed by atoms with Gasteiger partial charge in [0.05, 0.1) is 0 Å². The number of benzene rings is 1. The van der Waals surface area contributed by atoms with Gasteiger partial charge in [-0.25, -0.2) is 8.78 Å². The van der Waals surface area contributed by atoms with Crippen LogP contribution in [0.4, 0.5) is 8.78 Å². The number of ether oxygens (including phenoxy) is 1. The molecule has 0 aromatic heterocycles. The second-order valence-electron chi connectivity index (χ2n) is 5.89. The minimum absolute atomic E-state index is 0.132. The molecule has 1 aromatic rings. The predicted octanol–water partition coefficient (Wildman–Crippen LogP) is 3.73. The maximum Gasteiger partial charge on any atom is 0.190 e. The Labute approximate surface area is 138 Å². The highest BCUT2D eigenvalue weighted by Crippen LogP contribution is 2.26. The van der Waals surface area contributed by atoms with Crippen LogP contribution in [0.2, 0.25) is 0 Å². The number of aliphatic hydroxyl groups excluding tert-OH is 1. The van der Waals surface area contributed by atoms with Crippen LogP contribution in [0.5, 0.6) is 5.75 Å². The molecular weight excluding hydrogens is 356 g/mol. The van der Waals surface area contributed by atoms with Gasteiger partial charge in [0.25, 0.3) is 0 Å². The van der Waals surface area contributed by atoms with Crippen LogP contribution in [0.1, 0.15) is 32.1 Å². The highest BCUT2D eigenvalue weighted by molar-refractivity contribution is 9.10. The Bertz CT molecular complexity index is 472. The standard InChI is InChI=1S/C16H22BrF2NO2/c1-20(12-5-3-2-4-6-12)9-13(21)10-22-16-14(18)7-11(17)8-15(16)19/h7-8,12-13,21H,2-6,9-10H2,1H3/t13-/m0/s1. The van der Waals surface area contributed by atoms with Gasteiger partial charge in [-0.05, 0) is 32.0 Å². The van der Waals surface area contributed by atoms with Crippen molar-refractivity contribution in [3.05, 3.63) is 28.2 Å². The van der Waals surface area contributed by atoms with E-state index < -0.39 is 23.5 Å². The second-order valence-corrected chi connectivity index (χ2v) is 6.81. The van der Waals surface area contributed by atoms with E-state index in [-0.39, 0.29) is 6.61 Å². The second kappa shape index (κ2) is 8.22. The van der Waals surface area contributed by atoms with Gasteiger partial charge in [-0.3, -0.25) is 0 Å². The third kappa shape index (κ3) is 4.89. The smallest absolute Gasteiger partial charge is 0.190 e. The Balaban J connectivity index is 1.83. The third-order valence-corrected chi connectivity index (χ3v) is 4.54. The fourth-order valence-electron chi connectivity index (χ4n) is 2.90. The van der Waals surface area contributed by atoms with Gasteiger partial charge in [-0.1, -0.05) is 35.2 Å². The van der Waals surface area contributed by atoms with E-state index in [0.717, 1.165) is 25.0 Å². The van der Waals surface area contributed by atoms with Gasteiger partial charge >= 0.3 is 0 Å². The topological polar surface area (TPSA) is 32.7 Å². The van der Waals surface area contributed by atoms with Crippen molar-refractivity contribution < 1.29 is 18.6 Å². The highest BCUT2D eigenvalue weighted by atomic mass is 79.9. The van der Waals surface area contributed by atoms with Crippen LogP contribution in [0.15, 0.2) is 16.6 Å². The molecular formula is C16H22BrF2NO2. The average Bonchev–Trinajstić information content (AvgIpc) is 2.47. The number of nitrogens with zero attached hydrogens (tertiary/aromatic N) is 1. The fourth-order valence-corrected chi connectivity index (χ4v) is 3.30. The summed E-state index contributed by atoms with van der Waals surface area (Å²) in [5, 5.41) is 10.0. The summed E-state index contributed by atoms with van der Waals surface area (Å²) in [4.78, 5) is 2.11. The molecule has 2 rings (SSSR count). The lowest BCUT2D eigenvalue weighted by molar-refractivity contribution is 0.0537. The van der Waals surface area contributed by atoms with Crippen molar-refractivity contribution in [3.63, 3.8) is 0 Å². The summed E-state index contributed by atoms with van der Waals surface area (Å²) in [6, 6.07) is 2.75. The molecule has 3 nitrogen and oxygen atoms in total. The first-order chi connectivity index (χ1) is 10.5. The van der Waals surface area contributed by atoms with Crippen LogP contribution in [0.3, 0.4) is 0 Å². The molecule has 0 heterocycles. The zero-order chi connectivity index (χ0) is 16.1. The minimum Gasteiger partial charge on any atom is -0.485 e. The van der Waals surface area contributed by atoms with Crippen LogP contribution in [0.25, 0.3) is 0 Å². The third-order valence-electron chi connectivity index (χ3n) is 4.08. The molecule has 22 heavy (non-hydrogen) atoms. The first kappa shape index (κ1) is 17.6. The molecule has 0 aliphatic heterocycles. The van der Waals surface area contributed by atoms with Gasteiger partial charge in [0.1, 0.15) is 12.7 Å². The minimum atomic E-state index is -0.783. The van der Waals surface area contributed by atoms with Crippen molar-refractivity contribution in [1.82, 2.24) is 4.90 Å². The van der Waals surface area contributed by atoms with E-state index in [1.165, 1.54) is 19.3 Å². The number of halogens is 3. The van der Waals surface area contributed by atoms with E-state index in [0.29, 0.717) is 17.1 Å². The lowest BCUT2D eigenvalue weighted by atomic mass is 9.94. The normalized spacial score (nSPS) is 17.7. The SMILES string of the molecule is CN(C[C@H](O)COc1c(F)cc(Br)cc1F)C1CCCCC1. The first-order valence-electron chi connectivity index (χ1n) is 7.63. The van der Waals surface area contributed by atoms with Crippen LogP contribution in [-0.2, 0) is 0 Å². The predicted molar refractivity (Wildman–Crippen MR) is 85.1 cm³/mol.